The molecule has 4 heterocycles. The van der Waals surface area contributed by atoms with E-state index in [9.17, 15) is 14.7 Å². The molecule has 36 heavy (non-hydrogen) atoms. The number of anilines is 1. The fourth-order valence-corrected chi connectivity index (χ4v) is 6.31. The van der Waals surface area contributed by atoms with Crippen LogP contribution in [0, 0.1) is 5.41 Å². The van der Waals surface area contributed by atoms with E-state index >= 15 is 0 Å². The molecule has 2 amide bonds. The van der Waals surface area contributed by atoms with Gasteiger partial charge in [0.1, 0.15) is 11.5 Å². The number of aliphatic hydroxyl groups excluding tert-OH is 1. The Hall–Kier alpha value is -2.71. The number of nitrogens with one attached hydrogen (secondary N) is 1. The van der Waals surface area contributed by atoms with Crippen LogP contribution in [-0.4, -0.2) is 70.1 Å². The van der Waals surface area contributed by atoms with Crippen molar-refractivity contribution in [3.8, 4) is 11.1 Å². The summed E-state index contributed by atoms with van der Waals surface area (Å²) in [4.78, 5) is 38.8. The minimum atomic E-state index is -0.378. The number of carbonyl (C=O) groups excluding carboxylic acids is 2. The average molecular weight is 512 g/mol. The Labute approximate surface area is 217 Å². The summed E-state index contributed by atoms with van der Waals surface area (Å²) in [6, 6.07) is 5.67. The van der Waals surface area contributed by atoms with Crippen LogP contribution < -0.4 is 10.2 Å². The molecule has 1 atom stereocenters. The number of amides is 2. The SMILES string of the molecule is CCNC(=O)c1ccc(-c2cnc(N3CCC[C@@]4(CCN(C5CCC(O)CC5)C4=O)C3)c(Cl)c2)cn1. The van der Waals surface area contributed by atoms with E-state index in [0.717, 1.165) is 69.2 Å². The fourth-order valence-electron chi connectivity index (χ4n) is 6.03. The van der Waals surface area contributed by atoms with E-state index in [1.54, 1.807) is 18.5 Å². The number of pyridine rings is 2. The normalized spacial score (nSPS) is 26.5. The topological polar surface area (TPSA) is 98.7 Å². The predicted molar refractivity (Wildman–Crippen MR) is 139 cm³/mol. The molecule has 1 aliphatic carbocycles. The summed E-state index contributed by atoms with van der Waals surface area (Å²) in [6.07, 6.45) is 9.24. The number of hydrogen-bond donors (Lipinski definition) is 2. The zero-order valence-electron chi connectivity index (χ0n) is 20.8. The molecule has 2 N–H and O–H groups in total. The highest BCUT2D eigenvalue weighted by molar-refractivity contribution is 6.33. The van der Waals surface area contributed by atoms with Gasteiger partial charge in [0, 0.05) is 55.7 Å². The Morgan fingerprint density at radius 3 is 2.61 bits per heavy atom. The van der Waals surface area contributed by atoms with Gasteiger partial charge in [0.2, 0.25) is 5.91 Å². The van der Waals surface area contributed by atoms with Crippen molar-refractivity contribution in [2.75, 3.05) is 31.1 Å². The lowest BCUT2D eigenvalue weighted by molar-refractivity contribution is -0.139. The molecule has 2 saturated heterocycles. The number of nitrogens with zero attached hydrogens (tertiary/aromatic N) is 4. The molecule has 3 aliphatic rings. The monoisotopic (exact) mass is 511 g/mol. The number of rotatable bonds is 5. The standard InChI is InChI=1S/C27H34ClN5O3/c1-2-29-25(35)23-9-4-18(15-30-23)19-14-22(28)24(31-16-19)32-12-3-10-27(17-32)11-13-33(26(27)36)20-5-7-21(34)8-6-20/h4,9,14-16,20-21,34H,2-3,5-8,10-13,17H2,1H3,(H,29,35)/t20?,21?,27-/m1/s1. The van der Waals surface area contributed by atoms with Gasteiger partial charge in [-0.15, -0.1) is 0 Å². The minimum Gasteiger partial charge on any atom is -0.393 e. The third kappa shape index (κ3) is 4.81. The lowest BCUT2D eigenvalue weighted by atomic mass is 9.78. The zero-order chi connectivity index (χ0) is 25.3. The summed E-state index contributed by atoms with van der Waals surface area (Å²) in [7, 11) is 0. The van der Waals surface area contributed by atoms with Gasteiger partial charge in [-0.3, -0.25) is 14.6 Å². The van der Waals surface area contributed by atoms with E-state index in [4.69, 9.17) is 16.6 Å². The molecule has 0 unspecified atom stereocenters. The Morgan fingerprint density at radius 2 is 1.92 bits per heavy atom. The first-order valence-electron chi connectivity index (χ1n) is 13.0. The first-order chi connectivity index (χ1) is 17.4. The first kappa shape index (κ1) is 25.0. The van der Waals surface area contributed by atoms with Gasteiger partial charge in [0.05, 0.1) is 16.5 Å². The number of likely N-dealkylation sites (tertiary alicyclic amines) is 1. The second-order valence-electron chi connectivity index (χ2n) is 10.3. The fraction of sp³-hybridized carbons (Fsp3) is 0.556. The highest BCUT2D eigenvalue weighted by atomic mass is 35.5. The Bertz CT molecular complexity index is 1120. The molecule has 5 rings (SSSR count). The van der Waals surface area contributed by atoms with Gasteiger partial charge in [-0.05, 0) is 64.0 Å². The van der Waals surface area contributed by atoms with Gasteiger partial charge < -0.3 is 20.2 Å². The molecule has 8 nitrogen and oxygen atoms in total. The van der Waals surface area contributed by atoms with Crippen LogP contribution in [0.1, 0.15) is 62.4 Å². The maximum atomic E-state index is 13.6. The van der Waals surface area contributed by atoms with E-state index in [-0.39, 0.29) is 29.4 Å². The van der Waals surface area contributed by atoms with E-state index in [1.807, 2.05) is 19.1 Å². The van der Waals surface area contributed by atoms with Crippen molar-refractivity contribution >= 4 is 29.2 Å². The summed E-state index contributed by atoms with van der Waals surface area (Å²) in [5.74, 6) is 0.772. The quantitative estimate of drug-likeness (QED) is 0.635. The van der Waals surface area contributed by atoms with Crippen LogP contribution in [0.5, 0.6) is 0 Å². The number of aliphatic hydroxyl groups is 1. The Kier molecular flexibility index (Phi) is 7.17. The van der Waals surface area contributed by atoms with Gasteiger partial charge >= 0.3 is 0 Å². The molecule has 1 saturated carbocycles. The van der Waals surface area contributed by atoms with Crippen molar-refractivity contribution in [3.05, 3.63) is 41.3 Å². The second kappa shape index (κ2) is 10.3. The molecule has 192 valence electrons. The maximum absolute atomic E-state index is 13.6. The van der Waals surface area contributed by atoms with Crippen LogP contribution in [0.15, 0.2) is 30.6 Å². The number of hydrogen-bond acceptors (Lipinski definition) is 6. The number of piperidine rings is 1. The smallest absolute Gasteiger partial charge is 0.269 e. The molecule has 2 aliphatic heterocycles. The maximum Gasteiger partial charge on any atom is 0.269 e. The van der Waals surface area contributed by atoms with Crippen LogP contribution >= 0.6 is 11.6 Å². The van der Waals surface area contributed by atoms with E-state index in [2.05, 4.69) is 20.1 Å². The summed E-state index contributed by atoms with van der Waals surface area (Å²) in [5.41, 5.74) is 1.65. The van der Waals surface area contributed by atoms with Gasteiger partial charge in [-0.25, -0.2) is 4.98 Å². The van der Waals surface area contributed by atoms with Crippen LogP contribution in [0.2, 0.25) is 5.02 Å². The van der Waals surface area contributed by atoms with Gasteiger partial charge in [0.15, 0.2) is 0 Å². The van der Waals surface area contributed by atoms with Crippen molar-refractivity contribution in [2.24, 2.45) is 5.41 Å². The Morgan fingerprint density at radius 1 is 1.14 bits per heavy atom. The Balaban J connectivity index is 1.29. The zero-order valence-corrected chi connectivity index (χ0v) is 21.5. The van der Waals surface area contributed by atoms with Crippen molar-refractivity contribution in [3.63, 3.8) is 0 Å². The van der Waals surface area contributed by atoms with Crippen LogP contribution in [-0.2, 0) is 4.79 Å². The molecule has 2 aromatic heterocycles. The third-order valence-electron chi connectivity index (χ3n) is 8.02. The van der Waals surface area contributed by atoms with Crippen molar-refractivity contribution in [2.45, 2.75) is 64.0 Å². The molecule has 9 heteroatoms. The van der Waals surface area contributed by atoms with Crippen molar-refractivity contribution in [1.29, 1.82) is 0 Å². The summed E-state index contributed by atoms with van der Waals surface area (Å²) in [5, 5.41) is 13.1. The van der Waals surface area contributed by atoms with Gasteiger partial charge in [-0.1, -0.05) is 17.7 Å². The summed E-state index contributed by atoms with van der Waals surface area (Å²) in [6.45, 7) is 4.67. The first-order valence-corrected chi connectivity index (χ1v) is 13.4. The molecular weight excluding hydrogens is 478 g/mol. The number of aromatic nitrogens is 2. The van der Waals surface area contributed by atoms with E-state index in [0.29, 0.717) is 29.6 Å². The highest BCUT2D eigenvalue weighted by Gasteiger charge is 2.51. The molecule has 0 radical (unpaired) electrons. The van der Waals surface area contributed by atoms with Gasteiger partial charge in [-0.2, -0.15) is 0 Å². The molecule has 0 aromatic carbocycles. The molecule has 1 spiro atoms. The van der Waals surface area contributed by atoms with Crippen LogP contribution in [0.3, 0.4) is 0 Å². The summed E-state index contributed by atoms with van der Waals surface area (Å²) < 4.78 is 0. The minimum absolute atomic E-state index is 0.198. The van der Waals surface area contributed by atoms with Crippen molar-refractivity contribution < 1.29 is 14.7 Å². The number of halogens is 1. The largest absolute Gasteiger partial charge is 0.393 e. The van der Waals surface area contributed by atoms with E-state index in [1.165, 1.54) is 0 Å². The second-order valence-corrected chi connectivity index (χ2v) is 10.7. The third-order valence-corrected chi connectivity index (χ3v) is 8.30. The number of carbonyl (C=O) groups is 2. The highest BCUT2D eigenvalue weighted by Crippen LogP contribution is 2.44. The summed E-state index contributed by atoms with van der Waals surface area (Å²) >= 11 is 6.72. The van der Waals surface area contributed by atoms with Crippen LogP contribution in [0.4, 0.5) is 5.82 Å². The molecular formula is C27H34ClN5O3. The van der Waals surface area contributed by atoms with Crippen molar-refractivity contribution in [1.82, 2.24) is 20.2 Å². The average Bonchev–Trinajstić information content (AvgIpc) is 3.19. The molecule has 2 aromatic rings. The molecule has 3 fully saturated rings. The van der Waals surface area contributed by atoms with Crippen LogP contribution in [0.25, 0.3) is 11.1 Å². The molecule has 0 bridgehead atoms. The predicted octanol–water partition coefficient (Wildman–Crippen LogP) is 3.67. The lowest BCUT2D eigenvalue weighted by Crippen LogP contribution is -2.50. The van der Waals surface area contributed by atoms with Gasteiger partial charge in [0.25, 0.3) is 5.91 Å². The lowest BCUT2D eigenvalue weighted by Gasteiger charge is -2.41. The van der Waals surface area contributed by atoms with E-state index < -0.39 is 0 Å².